The van der Waals surface area contributed by atoms with Gasteiger partial charge in [0.2, 0.25) is 0 Å². The Morgan fingerprint density at radius 1 is 1.17 bits per heavy atom. The molecule has 4 nitrogen and oxygen atoms in total. The molecule has 122 valence electrons. The second-order valence-electron chi connectivity index (χ2n) is 5.20. The highest BCUT2D eigenvalue weighted by molar-refractivity contribution is 6.30. The quantitative estimate of drug-likeness (QED) is 0.758. The lowest BCUT2D eigenvalue weighted by Gasteiger charge is -2.04. The van der Waals surface area contributed by atoms with E-state index in [1.165, 1.54) is 12.1 Å². The van der Waals surface area contributed by atoms with Gasteiger partial charge in [0.25, 0.3) is 5.91 Å². The van der Waals surface area contributed by atoms with Crippen LogP contribution in [0, 0.1) is 5.82 Å². The van der Waals surface area contributed by atoms with Crippen LogP contribution < -0.4 is 5.32 Å². The molecule has 1 heterocycles. The molecule has 1 N–H and O–H groups in total. The molecule has 0 atom stereocenters. The molecule has 0 aliphatic heterocycles. The third-order valence-corrected chi connectivity index (χ3v) is 3.79. The summed E-state index contributed by atoms with van der Waals surface area (Å²) in [5, 5.41) is 6.59. The molecule has 0 spiro atoms. The number of rotatable bonds is 5. The molecule has 0 unspecified atom stereocenters. The number of hydrogen-bond acceptors (Lipinski definition) is 3. The number of amides is 1. The Balaban J connectivity index is 1.57. The van der Waals surface area contributed by atoms with Crippen LogP contribution in [-0.2, 0) is 6.42 Å². The van der Waals surface area contributed by atoms with Gasteiger partial charge < -0.3 is 9.84 Å². The number of aromatic nitrogens is 1. The largest absolute Gasteiger partial charge is 0.355 e. The van der Waals surface area contributed by atoms with Crippen LogP contribution in [0.1, 0.15) is 16.1 Å². The van der Waals surface area contributed by atoms with Gasteiger partial charge in [0.1, 0.15) is 5.82 Å². The van der Waals surface area contributed by atoms with E-state index in [1.54, 1.807) is 12.1 Å². The fourth-order valence-electron chi connectivity index (χ4n) is 2.23. The van der Waals surface area contributed by atoms with Crippen LogP contribution in [0.25, 0.3) is 11.3 Å². The summed E-state index contributed by atoms with van der Waals surface area (Å²) in [6.45, 7) is 0.355. The number of carbonyl (C=O) groups is 1. The minimum atomic E-state index is -0.468. The Bertz CT molecular complexity index is 849. The van der Waals surface area contributed by atoms with Gasteiger partial charge >= 0.3 is 0 Å². The molecule has 0 radical (unpaired) electrons. The maximum atomic E-state index is 13.4. The van der Waals surface area contributed by atoms with Gasteiger partial charge in [-0.25, -0.2) is 4.39 Å². The van der Waals surface area contributed by atoms with E-state index in [-0.39, 0.29) is 16.6 Å². The zero-order chi connectivity index (χ0) is 16.9. The SMILES string of the molecule is O=C(NCCc1ccc(Cl)c(F)c1)c1cc(-c2ccccc2)on1. The standard InChI is InChI=1S/C18H14ClFN2O2/c19-14-7-6-12(10-15(14)20)8-9-21-18(23)16-11-17(24-22-16)13-4-2-1-3-5-13/h1-7,10-11H,8-9H2,(H,21,23). The summed E-state index contributed by atoms with van der Waals surface area (Å²) in [4.78, 5) is 12.1. The predicted octanol–water partition coefficient (Wildman–Crippen LogP) is 4.11. The van der Waals surface area contributed by atoms with Gasteiger partial charge in [-0.1, -0.05) is 53.2 Å². The van der Waals surface area contributed by atoms with Crippen molar-refractivity contribution in [2.75, 3.05) is 6.54 Å². The van der Waals surface area contributed by atoms with Crippen LogP contribution in [0.15, 0.2) is 59.1 Å². The fourth-order valence-corrected chi connectivity index (χ4v) is 2.34. The summed E-state index contributed by atoms with van der Waals surface area (Å²) in [5.74, 6) is -0.277. The van der Waals surface area contributed by atoms with E-state index in [2.05, 4.69) is 10.5 Å². The van der Waals surface area contributed by atoms with Gasteiger partial charge in [0, 0.05) is 18.2 Å². The Kier molecular flexibility index (Phi) is 4.91. The number of carbonyl (C=O) groups excluding carboxylic acids is 1. The van der Waals surface area contributed by atoms with Crippen molar-refractivity contribution in [3.05, 3.63) is 76.7 Å². The molecular formula is C18H14ClFN2O2. The second kappa shape index (κ2) is 7.27. The molecular weight excluding hydrogens is 331 g/mol. The van der Waals surface area contributed by atoms with E-state index < -0.39 is 5.82 Å². The summed E-state index contributed by atoms with van der Waals surface area (Å²) in [7, 11) is 0. The van der Waals surface area contributed by atoms with Crippen molar-refractivity contribution < 1.29 is 13.7 Å². The Labute approximate surface area is 143 Å². The van der Waals surface area contributed by atoms with Crippen molar-refractivity contribution in [2.45, 2.75) is 6.42 Å². The number of hydrogen-bond donors (Lipinski definition) is 1. The smallest absolute Gasteiger partial charge is 0.273 e. The summed E-state index contributed by atoms with van der Waals surface area (Å²) in [6.07, 6.45) is 0.489. The summed E-state index contributed by atoms with van der Waals surface area (Å²) in [6, 6.07) is 15.6. The Hall–Kier alpha value is -2.66. The molecule has 0 saturated carbocycles. The zero-order valence-corrected chi connectivity index (χ0v) is 13.4. The Morgan fingerprint density at radius 2 is 1.96 bits per heavy atom. The molecule has 3 aromatic rings. The lowest BCUT2D eigenvalue weighted by molar-refractivity contribution is 0.0945. The third-order valence-electron chi connectivity index (χ3n) is 3.48. The first-order valence-electron chi connectivity index (χ1n) is 7.38. The number of benzene rings is 2. The third kappa shape index (κ3) is 3.81. The topological polar surface area (TPSA) is 55.1 Å². The summed E-state index contributed by atoms with van der Waals surface area (Å²) < 4.78 is 18.5. The van der Waals surface area contributed by atoms with E-state index in [1.807, 2.05) is 30.3 Å². The highest BCUT2D eigenvalue weighted by atomic mass is 35.5. The van der Waals surface area contributed by atoms with Gasteiger partial charge in [-0.2, -0.15) is 0 Å². The lowest BCUT2D eigenvalue weighted by Crippen LogP contribution is -2.25. The lowest BCUT2D eigenvalue weighted by atomic mass is 10.1. The van der Waals surface area contributed by atoms with E-state index in [0.717, 1.165) is 11.1 Å². The van der Waals surface area contributed by atoms with Crippen LogP contribution in [-0.4, -0.2) is 17.6 Å². The van der Waals surface area contributed by atoms with Gasteiger partial charge in [-0.3, -0.25) is 4.79 Å². The molecule has 1 amide bonds. The van der Waals surface area contributed by atoms with Gasteiger partial charge in [0.05, 0.1) is 5.02 Å². The molecule has 3 rings (SSSR count). The number of halogens is 2. The first-order chi connectivity index (χ1) is 11.6. The maximum absolute atomic E-state index is 13.4. The van der Waals surface area contributed by atoms with Crippen LogP contribution in [0.4, 0.5) is 4.39 Å². The highest BCUT2D eigenvalue weighted by Gasteiger charge is 2.13. The normalized spacial score (nSPS) is 10.6. The van der Waals surface area contributed by atoms with Crippen LogP contribution in [0.3, 0.4) is 0 Å². The minimum absolute atomic E-state index is 0.0822. The van der Waals surface area contributed by atoms with Gasteiger partial charge in [-0.15, -0.1) is 0 Å². The average Bonchev–Trinajstić information content (AvgIpc) is 3.09. The average molecular weight is 345 g/mol. The van der Waals surface area contributed by atoms with Crippen molar-refractivity contribution >= 4 is 17.5 Å². The molecule has 1 aromatic heterocycles. The Morgan fingerprint density at radius 3 is 2.71 bits per heavy atom. The van der Waals surface area contributed by atoms with Crippen molar-refractivity contribution in [1.82, 2.24) is 10.5 Å². The van der Waals surface area contributed by atoms with Crippen LogP contribution >= 0.6 is 11.6 Å². The minimum Gasteiger partial charge on any atom is -0.355 e. The van der Waals surface area contributed by atoms with E-state index in [4.69, 9.17) is 16.1 Å². The predicted molar refractivity (Wildman–Crippen MR) is 89.4 cm³/mol. The van der Waals surface area contributed by atoms with E-state index >= 15 is 0 Å². The summed E-state index contributed by atoms with van der Waals surface area (Å²) in [5.41, 5.74) is 1.80. The summed E-state index contributed by atoms with van der Waals surface area (Å²) >= 11 is 5.63. The highest BCUT2D eigenvalue weighted by Crippen LogP contribution is 2.19. The number of nitrogens with one attached hydrogen (secondary N) is 1. The first-order valence-corrected chi connectivity index (χ1v) is 7.75. The molecule has 0 aliphatic rings. The molecule has 24 heavy (non-hydrogen) atoms. The van der Waals surface area contributed by atoms with E-state index in [9.17, 15) is 9.18 Å². The maximum Gasteiger partial charge on any atom is 0.273 e. The van der Waals surface area contributed by atoms with Crippen molar-refractivity contribution in [1.29, 1.82) is 0 Å². The monoisotopic (exact) mass is 344 g/mol. The first kappa shape index (κ1) is 16.2. The second-order valence-corrected chi connectivity index (χ2v) is 5.60. The fraction of sp³-hybridized carbons (Fsp3) is 0.111. The van der Waals surface area contributed by atoms with Crippen molar-refractivity contribution in [3.8, 4) is 11.3 Å². The van der Waals surface area contributed by atoms with Gasteiger partial charge in [-0.05, 0) is 24.1 Å². The molecule has 6 heteroatoms. The van der Waals surface area contributed by atoms with Crippen LogP contribution in [0.2, 0.25) is 5.02 Å². The molecule has 0 bridgehead atoms. The molecule has 0 fully saturated rings. The molecule has 2 aromatic carbocycles. The van der Waals surface area contributed by atoms with Crippen molar-refractivity contribution in [2.24, 2.45) is 0 Å². The zero-order valence-electron chi connectivity index (χ0n) is 12.6. The number of nitrogens with zero attached hydrogens (tertiary/aromatic N) is 1. The molecule has 0 saturated heterocycles. The van der Waals surface area contributed by atoms with Crippen LogP contribution in [0.5, 0.6) is 0 Å². The molecule has 0 aliphatic carbocycles. The van der Waals surface area contributed by atoms with E-state index in [0.29, 0.717) is 18.7 Å². The van der Waals surface area contributed by atoms with Gasteiger partial charge in [0.15, 0.2) is 11.5 Å². The van der Waals surface area contributed by atoms with Crippen molar-refractivity contribution in [3.63, 3.8) is 0 Å².